The van der Waals surface area contributed by atoms with Crippen molar-refractivity contribution in [2.45, 2.75) is 19.4 Å². The molecule has 3 rings (SSSR count). The summed E-state index contributed by atoms with van der Waals surface area (Å²) < 4.78 is 16.5. The van der Waals surface area contributed by atoms with Crippen molar-refractivity contribution in [3.63, 3.8) is 0 Å². The highest BCUT2D eigenvalue weighted by Gasteiger charge is 2.21. The van der Waals surface area contributed by atoms with Crippen LogP contribution >= 0.6 is 0 Å². The normalized spacial score (nSPS) is 14.7. The molecule has 1 heterocycles. The first-order chi connectivity index (χ1) is 15.5. The fourth-order valence-electron chi connectivity index (χ4n) is 3.73. The van der Waals surface area contributed by atoms with Crippen molar-refractivity contribution in [1.29, 1.82) is 0 Å². The Morgan fingerprint density at radius 3 is 2.22 bits per heavy atom. The van der Waals surface area contributed by atoms with Crippen LogP contribution in [0.3, 0.4) is 0 Å². The highest BCUT2D eigenvalue weighted by Crippen LogP contribution is 2.24. The highest BCUT2D eigenvalue weighted by molar-refractivity contribution is 5.95. The zero-order valence-electron chi connectivity index (χ0n) is 18.6. The number of likely N-dealkylation sites (tertiary alicyclic amines) is 1. The number of carbonyl (C=O) groups is 2. The molecule has 0 saturated carbocycles. The first kappa shape index (κ1) is 23.6. The fourth-order valence-corrected chi connectivity index (χ4v) is 3.73. The van der Waals surface area contributed by atoms with Crippen LogP contribution in [-0.2, 0) is 16.1 Å². The third-order valence-electron chi connectivity index (χ3n) is 5.56. The molecule has 8 heteroatoms. The first-order valence-electron chi connectivity index (χ1n) is 10.7. The monoisotopic (exact) mass is 441 g/mol. The molecule has 2 aromatic carbocycles. The van der Waals surface area contributed by atoms with Gasteiger partial charge in [-0.25, -0.2) is 0 Å². The Labute approximate surface area is 188 Å². The Hall–Kier alpha value is -3.10. The van der Waals surface area contributed by atoms with Gasteiger partial charge in [-0.3, -0.25) is 14.5 Å². The maximum absolute atomic E-state index is 12.3. The van der Waals surface area contributed by atoms with Gasteiger partial charge in [0.2, 0.25) is 11.8 Å². The van der Waals surface area contributed by atoms with E-state index in [2.05, 4.69) is 10.2 Å². The number of nitrogens with one attached hydrogen (secondary N) is 1. The molecule has 0 aliphatic carbocycles. The summed E-state index contributed by atoms with van der Waals surface area (Å²) in [6.07, 6.45) is 1.98. The molecule has 2 amide bonds. The number of anilines is 1. The molecule has 32 heavy (non-hydrogen) atoms. The Morgan fingerprint density at radius 2 is 1.66 bits per heavy atom. The van der Waals surface area contributed by atoms with Crippen LogP contribution in [0.4, 0.5) is 5.69 Å². The molecule has 0 aromatic heterocycles. The average Bonchev–Trinajstić information content (AvgIpc) is 2.80. The van der Waals surface area contributed by atoms with Crippen molar-refractivity contribution in [2.24, 2.45) is 11.7 Å². The van der Waals surface area contributed by atoms with Gasteiger partial charge in [-0.1, -0.05) is 0 Å². The minimum absolute atomic E-state index is 0.0708. The first-order valence-corrected chi connectivity index (χ1v) is 10.7. The van der Waals surface area contributed by atoms with E-state index in [1.54, 1.807) is 38.5 Å². The summed E-state index contributed by atoms with van der Waals surface area (Å²) in [6.45, 7) is 3.25. The van der Waals surface area contributed by atoms with Gasteiger partial charge in [0.1, 0.15) is 11.5 Å². The van der Waals surface area contributed by atoms with E-state index in [0.29, 0.717) is 36.9 Å². The number of rotatable bonds is 10. The maximum atomic E-state index is 12.3. The number of methoxy groups -OCH3 is 2. The lowest BCUT2D eigenvalue weighted by Crippen LogP contribution is -2.40. The van der Waals surface area contributed by atoms with Gasteiger partial charge in [0, 0.05) is 23.9 Å². The molecule has 3 N–H and O–H groups in total. The van der Waals surface area contributed by atoms with Crippen LogP contribution in [0, 0.1) is 5.92 Å². The largest absolute Gasteiger partial charge is 0.497 e. The summed E-state index contributed by atoms with van der Waals surface area (Å²) in [5.41, 5.74) is 7.31. The minimum atomic E-state index is -0.488. The lowest BCUT2D eigenvalue weighted by atomic mass is 9.98. The number of ether oxygens (including phenoxy) is 3. The summed E-state index contributed by atoms with van der Waals surface area (Å²) >= 11 is 0. The maximum Gasteiger partial charge on any atom is 0.248 e. The third kappa shape index (κ3) is 6.96. The van der Waals surface area contributed by atoms with E-state index in [4.69, 9.17) is 19.9 Å². The lowest BCUT2D eigenvalue weighted by molar-refractivity contribution is -0.117. The smallest absolute Gasteiger partial charge is 0.248 e. The molecular weight excluding hydrogens is 410 g/mol. The number of hydrogen-bond donors (Lipinski definition) is 2. The zero-order valence-corrected chi connectivity index (χ0v) is 18.6. The Bertz CT molecular complexity index is 886. The van der Waals surface area contributed by atoms with Gasteiger partial charge in [-0.2, -0.15) is 0 Å². The van der Waals surface area contributed by atoms with Crippen LogP contribution in [0.15, 0.2) is 42.5 Å². The Balaban J connectivity index is 1.37. The van der Waals surface area contributed by atoms with E-state index in [1.807, 2.05) is 18.2 Å². The number of nitrogens with two attached hydrogens (primary N) is 1. The number of amides is 2. The summed E-state index contributed by atoms with van der Waals surface area (Å²) in [6, 6.07) is 12.3. The second kappa shape index (κ2) is 11.5. The number of hydrogen-bond acceptors (Lipinski definition) is 6. The molecule has 1 aliphatic heterocycles. The molecule has 0 unspecified atom stereocenters. The molecule has 172 valence electrons. The second-order valence-electron chi connectivity index (χ2n) is 7.95. The molecule has 0 radical (unpaired) electrons. The summed E-state index contributed by atoms with van der Waals surface area (Å²) in [4.78, 5) is 25.6. The van der Waals surface area contributed by atoms with Gasteiger partial charge >= 0.3 is 0 Å². The van der Waals surface area contributed by atoms with Crippen LogP contribution < -0.4 is 20.5 Å². The third-order valence-corrected chi connectivity index (χ3v) is 5.56. The van der Waals surface area contributed by atoms with Gasteiger partial charge in [0.15, 0.2) is 0 Å². The van der Waals surface area contributed by atoms with Crippen molar-refractivity contribution >= 4 is 17.5 Å². The van der Waals surface area contributed by atoms with E-state index in [-0.39, 0.29) is 5.91 Å². The number of benzene rings is 2. The standard InChI is InChI=1S/C24H31N3O5/c1-30-21-11-18(12-22(13-21)31-2)16-32-15-17-7-9-27(10-8-17)14-23(28)26-20-5-3-19(4-6-20)24(25)29/h3-6,11-13,17H,7-10,14-16H2,1-2H3,(H2,25,29)(H,26,28). The van der Waals surface area contributed by atoms with E-state index in [1.165, 1.54) is 0 Å². The summed E-state index contributed by atoms with van der Waals surface area (Å²) in [5, 5.41) is 2.86. The quantitative estimate of drug-likeness (QED) is 0.588. The molecule has 0 bridgehead atoms. The topological polar surface area (TPSA) is 103 Å². The Kier molecular flexibility index (Phi) is 8.47. The predicted molar refractivity (Wildman–Crippen MR) is 122 cm³/mol. The van der Waals surface area contributed by atoms with Crippen molar-refractivity contribution in [2.75, 3.05) is 45.8 Å². The van der Waals surface area contributed by atoms with E-state index in [9.17, 15) is 9.59 Å². The molecule has 8 nitrogen and oxygen atoms in total. The number of piperidine rings is 1. The predicted octanol–water partition coefficient (Wildman–Crippen LogP) is 2.67. The van der Waals surface area contributed by atoms with Crippen LogP contribution in [0.5, 0.6) is 11.5 Å². The van der Waals surface area contributed by atoms with Crippen LogP contribution in [0.2, 0.25) is 0 Å². The van der Waals surface area contributed by atoms with E-state index >= 15 is 0 Å². The van der Waals surface area contributed by atoms with Gasteiger partial charge in [-0.05, 0) is 73.8 Å². The van der Waals surface area contributed by atoms with Gasteiger partial charge in [-0.15, -0.1) is 0 Å². The molecular formula is C24H31N3O5. The van der Waals surface area contributed by atoms with E-state index < -0.39 is 5.91 Å². The van der Waals surface area contributed by atoms with Crippen LogP contribution in [0.25, 0.3) is 0 Å². The minimum Gasteiger partial charge on any atom is -0.497 e. The lowest BCUT2D eigenvalue weighted by Gasteiger charge is -2.31. The van der Waals surface area contributed by atoms with Crippen molar-refractivity contribution in [1.82, 2.24) is 4.90 Å². The zero-order chi connectivity index (χ0) is 22.9. The van der Waals surface area contributed by atoms with E-state index in [0.717, 1.165) is 43.0 Å². The van der Waals surface area contributed by atoms with Gasteiger partial charge in [0.05, 0.1) is 27.4 Å². The second-order valence-corrected chi connectivity index (χ2v) is 7.95. The fraction of sp³-hybridized carbons (Fsp3) is 0.417. The van der Waals surface area contributed by atoms with Crippen molar-refractivity contribution in [3.8, 4) is 11.5 Å². The molecule has 1 aliphatic rings. The number of nitrogens with zero attached hydrogens (tertiary/aromatic N) is 1. The van der Waals surface area contributed by atoms with Gasteiger partial charge in [0.25, 0.3) is 0 Å². The molecule has 0 atom stereocenters. The summed E-state index contributed by atoms with van der Waals surface area (Å²) in [7, 11) is 3.26. The molecule has 0 spiro atoms. The summed E-state index contributed by atoms with van der Waals surface area (Å²) in [5.74, 6) is 1.41. The van der Waals surface area contributed by atoms with Crippen LogP contribution in [0.1, 0.15) is 28.8 Å². The van der Waals surface area contributed by atoms with Gasteiger partial charge < -0.3 is 25.3 Å². The number of primary amides is 1. The average molecular weight is 442 g/mol. The molecule has 2 aromatic rings. The van der Waals surface area contributed by atoms with Crippen molar-refractivity contribution in [3.05, 3.63) is 53.6 Å². The number of carbonyl (C=O) groups excluding carboxylic acids is 2. The van der Waals surface area contributed by atoms with Crippen molar-refractivity contribution < 1.29 is 23.8 Å². The highest BCUT2D eigenvalue weighted by atomic mass is 16.5. The molecule has 1 saturated heterocycles. The Morgan fingerprint density at radius 1 is 1.03 bits per heavy atom. The SMILES string of the molecule is COc1cc(COCC2CCN(CC(=O)Nc3ccc(C(N)=O)cc3)CC2)cc(OC)c1. The molecule has 1 fully saturated rings. The van der Waals surface area contributed by atoms with Crippen LogP contribution in [-0.4, -0.2) is 57.2 Å².